The number of nitrogens with zero attached hydrogens (tertiary/aromatic N) is 5. The molecule has 0 saturated carbocycles. The van der Waals surface area contributed by atoms with E-state index in [2.05, 4.69) is 10.3 Å². The van der Waals surface area contributed by atoms with Crippen molar-refractivity contribution in [3.05, 3.63) is 77.1 Å². The molecular weight excluding hydrogens is 711 g/mol. The second-order valence-corrected chi connectivity index (χ2v) is 15.8. The van der Waals surface area contributed by atoms with Crippen molar-refractivity contribution in [2.24, 2.45) is 11.8 Å². The highest BCUT2D eigenvalue weighted by atomic mass is 32.2. The summed E-state index contributed by atoms with van der Waals surface area (Å²) in [7, 11) is -3.42. The molecule has 17 heteroatoms. The maximum atomic E-state index is 15.1. The van der Waals surface area contributed by atoms with Crippen molar-refractivity contribution in [1.29, 1.82) is 0 Å². The van der Waals surface area contributed by atoms with Crippen LogP contribution in [0.3, 0.4) is 0 Å². The number of piperidine rings is 1. The van der Waals surface area contributed by atoms with E-state index in [1.165, 1.54) is 22.6 Å². The number of carboxylic acid groups (broad SMARTS) is 1. The molecule has 1 amide bonds. The third kappa shape index (κ3) is 8.58. The van der Waals surface area contributed by atoms with Crippen LogP contribution in [0, 0.1) is 23.5 Å². The minimum Gasteiger partial charge on any atom is -0.481 e. The van der Waals surface area contributed by atoms with Gasteiger partial charge in [0.15, 0.2) is 0 Å². The number of hydrogen-bond acceptors (Lipinski definition) is 7. The van der Waals surface area contributed by atoms with Crippen molar-refractivity contribution in [3.63, 3.8) is 0 Å². The maximum Gasteiger partial charge on any atom is 0.416 e. The molecule has 1 aromatic heterocycles. The zero-order chi connectivity index (χ0) is 37.2. The number of hydrogen-bond donors (Lipinski definition) is 2. The van der Waals surface area contributed by atoms with Crippen LogP contribution in [-0.2, 0) is 32.3 Å². The van der Waals surface area contributed by atoms with E-state index >= 15 is 4.39 Å². The van der Waals surface area contributed by atoms with Crippen LogP contribution in [0.1, 0.15) is 54.7 Å². The Bertz CT molecular complexity index is 1880. The first-order valence-corrected chi connectivity index (χ1v) is 19.0. The second-order valence-electron chi connectivity index (χ2n) is 13.7. The molecule has 3 aliphatic rings. The average Bonchev–Trinajstić information content (AvgIpc) is 3.87. The number of nitrogens with one attached hydrogen (secondary N) is 1. The minimum atomic E-state index is -4.60. The third-order valence-electron chi connectivity index (χ3n) is 10.3. The highest BCUT2D eigenvalue weighted by Crippen LogP contribution is 2.37. The Labute approximate surface area is 298 Å². The number of aromatic nitrogens is 2. The molecule has 0 bridgehead atoms. The Morgan fingerprint density at radius 2 is 1.71 bits per heavy atom. The molecule has 52 heavy (non-hydrogen) atoms. The van der Waals surface area contributed by atoms with Crippen molar-refractivity contribution < 1.29 is 45.1 Å². The molecule has 3 saturated heterocycles. The van der Waals surface area contributed by atoms with Gasteiger partial charge in [0.1, 0.15) is 11.6 Å². The van der Waals surface area contributed by atoms with Crippen molar-refractivity contribution in [2.75, 3.05) is 61.8 Å². The Hall–Kier alpha value is -4.09. The first-order chi connectivity index (χ1) is 24.7. The van der Waals surface area contributed by atoms with Gasteiger partial charge in [-0.2, -0.15) is 13.2 Å². The highest BCUT2D eigenvalue weighted by Gasteiger charge is 2.40. The molecule has 0 spiro atoms. The fraction of sp³-hybridized carbons (Fsp3) is 0.514. The molecule has 3 aliphatic heterocycles. The van der Waals surface area contributed by atoms with Gasteiger partial charge in [-0.15, -0.1) is 0 Å². The average molecular weight is 753 g/mol. The Kier molecular flexibility index (Phi) is 11.2. The molecule has 0 aliphatic carbocycles. The van der Waals surface area contributed by atoms with E-state index < -0.39 is 63.0 Å². The molecule has 11 nitrogen and oxygen atoms in total. The maximum absolute atomic E-state index is 15.1. The summed E-state index contributed by atoms with van der Waals surface area (Å²) in [5.74, 6) is -5.05. The molecule has 282 valence electrons. The summed E-state index contributed by atoms with van der Waals surface area (Å²) in [6.45, 7) is 2.28. The molecule has 1 unspecified atom stereocenters. The lowest BCUT2D eigenvalue weighted by Gasteiger charge is -2.34. The zero-order valence-electron chi connectivity index (χ0n) is 28.4. The molecule has 2 N–H and O–H groups in total. The predicted octanol–water partition coefficient (Wildman–Crippen LogP) is 5.00. The standard InChI is InChI=1S/C35H41F5N6O5S/c36-26-6-7-27(30(37)19-26)28-21-43(11-3-17-52(50,51)46-12-1-2-13-46)22-29(28)32(47)42-34-41-10-16-45(34)20-24-4-5-25(35(38,39)40)18-31(24)44-14-8-23(9-15-44)33(48)49/h4-7,10,16,18-19,23,28-29H,1-3,8-9,11-15,17,20-22H2,(H,48,49)(H,41,42,47)/t28-,29?/m0/s1. The first-order valence-electron chi connectivity index (χ1n) is 17.3. The smallest absolute Gasteiger partial charge is 0.416 e. The van der Waals surface area contributed by atoms with Crippen LogP contribution in [0.15, 0.2) is 48.8 Å². The monoisotopic (exact) mass is 752 g/mol. The van der Waals surface area contributed by atoms with Crippen LogP contribution in [0.2, 0.25) is 0 Å². The number of benzene rings is 2. The highest BCUT2D eigenvalue weighted by molar-refractivity contribution is 7.89. The minimum absolute atomic E-state index is 0.0280. The lowest BCUT2D eigenvalue weighted by molar-refractivity contribution is -0.142. The third-order valence-corrected chi connectivity index (χ3v) is 12.3. The zero-order valence-corrected chi connectivity index (χ0v) is 29.2. The largest absolute Gasteiger partial charge is 0.481 e. The van der Waals surface area contributed by atoms with E-state index in [4.69, 9.17) is 0 Å². The summed E-state index contributed by atoms with van der Waals surface area (Å²) in [4.78, 5) is 33.3. The van der Waals surface area contributed by atoms with Gasteiger partial charge in [-0.1, -0.05) is 12.1 Å². The normalized spacial score (nSPS) is 20.8. The van der Waals surface area contributed by atoms with Crippen molar-refractivity contribution in [1.82, 2.24) is 18.8 Å². The summed E-state index contributed by atoms with van der Waals surface area (Å²) in [6, 6.07) is 6.58. The van der Waals surface area contributed by atoms with Crippen molar-refractivity contribution >= 4 is 33.5 Å². The van der Waals surface area contributed by atoms with E-state index in [0.29, 0.717) is 37.3 Å². The molecular formula is C35H41F5N6O5S. The quantitative estimate of drug-likeness (QED) is 0.248. The fourth-order valence-electron chi connectivity index (χ4n) is 7.50. The number of alkyl halides is 3. The van der Waals surface area contributed by atoms with Crippen LogP contribution >= 0.6 is 0 Å². The number of carbonyl (C=O) groups is 2. The van der Waals surface area contributed by atoms with Gasteiger partial charge < -0.3 is 19.5 Å². The first kappa shape index (κ1) is 37.7. The van der Waals surface area contributed by atoms with E-state index in [1.54, 1.807) is 15.7 Å². The van der Waals surface area contributed by atoms with Gasteiger partial charge in [-0.3, -0.25) is 14.9 Å². The summed E-state index contributed by atoms with van der Waals surface area (Å²) in [5, 5.41) is 12.2. The van der Waals surface area contributed by atoms with Crippen LogP contribution in [-0.4, -0.2) is 95.7 Å². The molecule has 3 fully saturated rings. The van der Waals surface area contributed by atoms with Crippen molar-refractivity contribution in [2.45, 2.75) is 50.7 Å². The number of halogens is 5. The summed E-state index contributed by atoms with van der Waals surface area (Å²) >= 11 is 0. The lowest BCUT2D eigenvalue weighted by atomic mass is 9.88. The van der Waals surface area contributed by atoms with Gasteiger partial charge in [0.2, 0.25) is 21.9 Å². The fourth-order valence-corrected chi connectivity index (χ4v) is 9.07. The number of rotatable bonds is 12. The molecule has 6 rings (SSSR count). The number of imidazole rings is 1. The summed E-state index contributed by atoms with van der Waals surface area (Å²) in [6.07, 6.45) is 0.899. The van der Waals surface area contributed by atoms with Crippen LogP contribution in [0.4, 0.5) is 33.6 Å². The molecule has 2 atom stereocenters. The van der Waals surface area contributed by atoms with Gasteiger partial charge in [0.25, 0.3) is 0 Å². The van der Waals surface area contributed by atoms with Gasteiger partial charge in [-0.05, 0) is 68.0 Å². The number of aliphatic carboxylic acids is 1. The van der Waals surface area contributed by atoms with E-state index in [9.17, 15) is 40.7 Å². The molecule has 0 radical (unpaired) electrons. The predicted molar refractivity (Wildman–Crippen MR) is 182 cm³/mol. The number of anilines is 2. The Morgan fingerprint density at radius 3 is 2.38 bits per heavy atom. The Balaban J connectivity index is 1.19. The van der Waals surface area contributed by atoms with E-state index in [-0.39, 0.29) is 62.8 Å². The van der Waals surface area contributed by atoms with Gasteiger partial charge >= 0.3 is 12.1 Å². The van der Waals surface area contributed by atoms with E-state index in [1.807, 2.05) is 4.90 Å². The van der Waals surface area contributed by atoms with Crippen LogP contribution in [0.5, 0.6) is 0 Å². The number of amides is 1. The summed E-state index contributed by atoms with van der Waals surface area (Å²) in [5.41, 5.74) is 0.106. The van der Waals surface area contributed by atoms with Gasteiger partial charge in [-0.25, -0.2) is 26.5 Å². The van der Waals surface area contributed by atoms with Gasteiger partial charge in [0, 0.05) is 69.3 Å². The molecule has 4 heterocycles. The lowest BCUT2D eigenvalue weighted by Crippen LogP contribution is -2.37. The molecule has 2 aromatic carbocycles. The van der Waals surface area contributed by atoms with Crippen LogP contribution in [0.25, 0.3) is 0 Å². The Morgan fingerprint density at radius 1 is 0.981 bits per heavy atom. The second kappa shape index (κ2) is 15.5. The number of carboxylic acids is 1. The van der Waals surface area contributed by atoms with E-state index in [0.717, 1.165) is 37.1 Å². The van der Waals surface area contributed by atoms with Crippen molar-refractivity contribution in [3.8, 4) is 0 Å². The van der Waals surface area contributed by atoms with Crippen LogP contribution < -0.4 is 10.2 Å². The summed E-state index contributed by atoms with van der Waals surface area (Å²) < 4.78 is 98.8. The topological polar surface area (TPSA) is 128 Å². The molecule has 3 aromatic rings. The number of sulfonamides is 1. The number of carbonyl (C=O) groups excluding carboxylic acids is 1. The number of likely N-dealkylation sites (tertiary alicyclic amines) is 1. The van der Waals surface area contributed by atoms with Gasteiger partial charge in [0.05, 0.1) is 29.7 Å². The SMILES string of the molecule is O=C(O)C1CCN(c2cc(C(F)(F)F)ccc2Cn2ccnc2NC(=O)C2CN(CCCS(=O)(=O)N3CCCC3)C[C@H]2c2ccc(F)cc2F)CC1.